The number of halogens is 1. The largest absolute Gasteiger partial charge is 0.497 e. The van der Waals surface area contributed by atoms with E-state index in [1.54, 1.807) is 20.1 Å². The molecule has 2 aromatic carbocycles. The lowest BCUT2D eigenvalue weighted by Crippen LogP contribution is -2.64. The molecule has 2 unspecified atom stereocenters. The molecule has 2 fully saturated rings. The van der Waals surface area contributed by atoms with Gasteiger partial charge in [-0.05, 0) is 61.0 Å². The van der Waals surface area contributed by atoms with Crippen molar-refractivity contribution in [2.45, 2.75) is 44.2 Å². The number of fused-ring (bicyclic) bond motifs is 4. The second-order valence-corrected chi connectivity index (χ2v) is 10.0. The first kappa shape index (κ1) is 23.1. The third-order valence-electron chi connectivity index (χ3n) is 8.34. The van der Waals surface area contributed by atoms with Crippen molar-refractivity contribution < 1.29 is 19.0 Å². The number of piperidine rings is 2. The number of amides is 1. The summed E-state index contributed by atoms with van der Waals surface area (Å²) >= 11 is 0. The Hall–Kier alpha value is -2.64. The maximum Gasteiger partial charge on any atom is 0.219 e. The summed E-state index contributed by atoms with van der Waals surface area (Å²) in [5.74, 6) is 0.886. The number of aliphatic hydroxyl groups excluding tert-OH is 1. The van der Waals surface area contributed by atoms with Crippen LogP contribution < -0.4 is 10.1 Å². The predicted molar refractivity (Wildman–Crippen MR) is 130 cm³/mol. The zero-order chi connectivity index (χ0) is 23.9. The van der Waals surface area contributed by atoms with Gasteiger partial charge in [0.05, 0.1) is 25.8 Å². The Morgan fingerprint density at radius 2 is 2.00 bits per heavy atom. The second-order valence-electron chi connectivity index (χ2n) is 10.0. The van der Waals surface area contributed by atoms with E-state index < -0.39 is 0 Å². The molecule has 2 saturated heterocycles. The summed E-state index contributed by atoms with van der Waals surface area (Å²) in [4.78, 5) is 16.9. The first-order valence-electron chi connectivity index (χ1n) is 12.2. The summed E-state index contributed by atoms with van der Waals surface area (Å²) in [7, 11) is 1.66. The monoisotopic (exact) mass is 467 g/mol. The molecule has 6 nitrogen and oxygen atoms in total. The number of likely N-dealkylation sites (tertiary alicyclic amines) is 2. The number of hydrogen-bond donors (Lipinski definition) is 2. The first-order chi connectivity index (χ1) is 16.5. The van der Waals surface area contributed by atoms with Gasteiger partial charge in [0, 0.05) is 37.7 Å². The van der Waals surface area contributed by atoms with Crippen molar-refractivity contribution in [2.75, 3.05) is 45.2 Å². The molecule has 0 saturated carbocycles. The van der Waals surface area contributed by atoms with Crippen LogP contribution in [-0.2, 0) is 11.2 Å². The molecule has 5 rings (SSSR count). The molecule has 7 heteroatoms. The summed E-state index contributed by atoms with van der Waals surface area (Å²) in [6.07, 6.45) is 2.61. The van der Waals surface area contributed by atoms with Gasteiger partial charge >= 0.3 is 0 Å². The van der Waals surface area contributed by atoms with Gasteiger partial charge in [-0.3, -0.25) is 4.79 Å². The molecule has 2 N–H and O–H groups in total. The number of aliphatic hydroxyl groups is 1. The number of rotatable bonds is 5. The lowest BCUT2D eigenvalue weighted by atomic mass is 9.60. The van der Waals surface area contributed by atoms with Crippen LogP contribution in [0.3, 0.4) is 0 Å². The smallest absolute Gasteiger partial charge is 0.219 e. The van der Waals surface area contributed by atoms with E-state index >= 15 is 0 Å². The molecule has 3 aliphatic heterocycles. The lowest BCUT2D eigenvalue weighted by Gasteiger charge is -2.56. The van der Waals surface area contributed by atoms with Gasteiger partial charge in [-0.15, -0.1) is 0 Å². The van der Waals surface area contributed by atoms with E-state index in [0.29, 0.717) is 13.0 Å². The lowest BCUT2D eigenvalue weighted by molar-refractivity contribution is -0.140. The number of ether oxygens (including phenoxy) is 1. The zero-order valence-electron chi connectivity index (χ0n) is 20.0. The van der Waals surface area contributed by atoms with Crippen molar-refractivity contribution in [3.63, 3.8) is 0 Å². The molecule has 1 spiro atoms. The fraction of sp³-hybridized carbons (Fsp3) is 0.519. The van der Waals surface area contributed by atoms with Crippen LogP contribution >= 0.6 is 0 Å². The molecule has 0 bridgehead atoms. The number of carbonyl (C=O) groups is 1. The van der Waals surface area contributed by atoms with Crippen LogP contribution in [0.1, 0.15) is 36.8 Å². The van der Waals surface area contributed by atoms with Crippen molar-refractivity contribution in [1.29, 1.82) is 0 Å². The van der Waals surface area contributed by atoms with Crippen LogP contribution in [0.25, 0.3) is 0 Å². The number of methoxy groups -OCH3 is 1. The number of hydrogen-bond acceptors (Lipinski definition) is 5. The molecule has 3 atom stereocenters. The van der Waals surface area contributed by atoms with Crippen LogP contribution in [0.5, 0.6) is 5.75 Å². The first-order valence-corrected chi connectivity index (χ1v) is 12.2. The molecular weight excluding hydrogens is 433 g/mol. The van der Waals surface area contributed by atoms with E-state index in [1.165, 1.54) is 11.6 Å². The highest BCUT2D eigenvalue weighted by molar-refractivity contribution is 5.75. The van der Waals surface area contributed by atoms with Crippen LogP contribution in [0.4, 0.5) is 10.1 Å². The van der Waals surface area contributed by atoms with Gasteiger partial charge in [-0.25, -0.2) is 4.39 Å². The maximum absolute atomic E-state index is 14.1. The van der Waals surface area contributed by atoms with Gasteiger partial charge in [-0.1, -0.05) is 24.3 Å². The van der Waals surface area contributed by atoms with E-state index in [9.17, 15) is 14.3 Å². The van der Waals surface area contributed by atoms with Crippen molar-refractivity contribution >= 4 is 11.6 Å². The second kappa shape index (κ2) is 9.19. The van der Waals surface area contributed by atoms with Crippen molar-refractivity contribution in [1.82, 2.24) is 9.80 Å². The van der Waals surface area contributed by atoms with E-state index in [4.69, 9.17) is 4.74 Å². The molecule has 0 aliphatic carbocycles. The van der Waals surface area contributed by atoms with E-state index in [1.807, 2.05) is 29.2 Å². The van der Waals surface area contributed by atoms with Crippen molar-refractivity contribution in [2.24, 2.45) is 5.41 Å². The maximum atomic E-state index is 14.1. The minimum atomic E-state index is -0.259. The third kappa shape index (κ3) is 3.95. The summed E-state index contributed by atoms with van der Waals surface area (Å²) in [6, 6.07) is 12.9. The number of carbonyl (C=O) groups excluding carboxylic acids is 1. The average molecular weight is 468 g/mol. The minimum Gasteiger partial charge on any atom is -0.497 e. The SMILES string of the molecule is COc1ccc2c(c1)NC1C2C2(CCN(CCc3ccccc3F)CC2)CN(C(C)=O)[C@H]1CO. The number of anilines is 1. The quantitative estimate of drug-likeness (QED) is 0.707. The van der Waals surface area contributed by atoms with E-state index in [-0.39, 0.29) is 41.7 Å². The predicted octanol–water partition coefficient (Wildman–Crippen LogP) is 3.26. The molecule has 2 aromatic rings. The van der Waals surface area contributed by atoms with Gasteiger partial charge in [0.15, 0.2) is 0 Å². The summed E-state index contributed by atoms with van der Waals surface area (Å²) in [6.45, 7) is 4.85. The van der Waals surface area contributed by atoms with Gasteiger partial charge in [0.25, 0.3) is 0 Å². The number of nitrogens with one attached hydrogen (secondary N) is 1. The molecule has 3 heterocycles. The molecule has 34 heavy (non-hydrogen) atoms. The topological polar surface area (TPSA) is 65.0 Å². The highest BCUT2D eigenvalue weighted by Crippen LogP contribution is 2.56. The van der Waals surface area contributed by atoms with Gasteiger partial charge < -0.3 is 25.0 Å². The normalized spacial score (nSPS) is 25.5. The van der Waals surface area contributed by atoms with Gasteiger partial charge in [0.2, 0.25) is 5.91 Å². The van der Waals surface area contributed by atoms with Crippen LogP contribution in [0.2, 0.25) is 0 Å². The zero-order valence-corrected chi connectivity index (χ0v) is 20.0. The molecule has 1 amide bonds. The Kier molecular flexibility index (Phi) is 6.25. The van der Waals surface area contributed by atoms with Crippen molar-refractivity contribution in [3.05, 3.63) is 59.4 Å². The van der Waals surface area contributed by atoms with Gasteiger partial charge in [-0.2, -0.15) is 0 Å². The summed E-state index contributed by atoms with van der Waals surface area (Å²) in [5.41, 5.74) is 2.99. The highest BCUT2D eigenvalue weighted by Gasteiger charge is 2.57. The third-order valence-corrected chi connectivity index (χ3v) is 8.34. The van der Waals surface area contributed by atoms with Crippen LogP contribution in [-0.4, -0.2) is 72.8 Å². The number of nitrogens with zero attached hydrogens (tertiary/aromatic N) is 2. The Morgan fingerprint density at radius 3 is 2.68 bits per heavy atom. The minimum absolute atomic E-state index is 0.00851. The molecular formula is C27H34FN3O3. The van der Waals surface area contributed by atoms with Crippen molar-refractivity contribution in [3.8, 4) is 5.75 Å². The summed E-state index contributed by atoms with van der Waals surface area (Å²) < 4.78 is 19.5. The Balaban J connectivity index is 1.39. The fourth-order valence-electron chi connectivity index (χ4n) is 6.52. The molecule has 182 valence electrons. The number of benzene rings is 2. The molecule has 0 radical (unpaired) electrons. The average Bonchev–Trinajstić information content (AvgIpc) is 3.24. The summed E-state index contributed by atoms with van der Waals surface area (Å²) in [5, 5.41) is 13.9. The van der Waals surface area contributed by atoms with Crippen LogP contribution in [0.15, 0.2) is 42.5 Å². The molecule has 0 aromatic heterocycles. The van der Waals surface area contributed by atoms with E-state index in [0.717, 1.165) is 49.5 Å². The van der Waals surface area contributed by atoms with Crippen LogP contribution in [0, 0.1) is 11.2 Å². The Bertz CT molecular complexity index is 1050. The Morgan fingerprint density at radius 1 is 1.24 bits per heavy atom. The Labute approximate surface area is 200 Å². The standard InChI is InChI=1S/C27H34FN3O3/c1-18(33)31-17-27(10-13-30(14-11-27)12-9-19-5-3-4-6-22(19)28)25-21-8-7-20(34-2)15-23(21)29-26(25)24(31)16-32/h3-8,15,24-26,29,32H,9-14,16-17H2,1-2H3/t24-,25?,26?/m0/s1. The van der Waals surface area contributed by atoms with E-state index in [2.05, 4.69) is 16.3 Å². The van der Waals surface area contributed by atoms with Gasteiger partial charge in [0.1, 0.15) is 11.6 Å². The highest BCUT2D eigenvalue weighted by atomic mass is 19.1. The fourth-order valence-corrected chi connectivity index (χ4v) is 6.52. The molecule has 3 aliphatic rings.